The van der Waals surface area contributed by atoms with Crippen LogP contribution in [0.4, 0.5) is 0 Å². The number of guanidine groups is 1. The lowest BCUT2D eigenvalue weighted by molar-refractivity contribution is -0.130. The van der Waals surface area contributed by atoms with E-state index in [1.807, 2.05) is 17.0 Å². The molecule has 1 N–H and O–H groups in total. The van der Waals surface area contributed by atoms with E-state index in [1.165, 1.54) is 0 Å². The molecule has 8 heteroatoms. The second kappa shape index (κ2) is 7.29. The molecule has 0 unspecified atom stereocenters. The molecule has 0 aliphatic carbocycles. The first-order valence-electron chi connectivity index (χ1n) is 7.87. The number of rotatable bonds is 2. The van der Waals surface area contributed by atoms with Gasteiger partial charge in [-0.25, -0.2) is 0 Å². The Bertz CT molecular complexity index is 657. The maximum Gasteiger partial charge on any atom is 0.231 e. The van der Waals surface area contributed by atoms with E-state index in [2.05, 4.69) is 31.1 Å². The van der Waals surface area contributed by atoms with Crippen LogP contribution in [0.2, 0.25) is 0 Å². The van der Waals surface area contributed by atoms with E-state index in [-0.39, 0.29) is 12.7 Å². The number of hydrogen-bond donors (Lipinski definition) is 1. The molecule has 2 aliphatic heterocycles. The van der Waals surface area contributed by atoms with Crippen molar-refractivity contribution >= 4 is 27.8 Å². The molecule has 130 valence electrons. The number of nitrogens with zero attached hydrogens (tertiary/aromatic N) is 3. The van der Waals surface area contributed by atoms with Gasteiger partial charge in [-0.1, -0.05) is 0 Å². The van der Waals surface area contributed by atoms with E-state index >= 15 is 0 Å². The van der Waals surface area contributed by atoms with Crippen LogP contribution in [0.5, 0.6) is 11.5 Å². The SMILES string of the molecule is CN=C(NCc1cc(Br)c2c(c1)OCO2)N1CCN(C(C)=O)CC1. The molecule has 0 saturated carbocycles. The third-order valence-corrected chi connectivity index (χ3v) is 4.76. The first-order valence-corrected chi connectivity index (χ1v) is 8.67. The Labute approximate surface area is 149 Å². The lowest BCUT2D eigenvalue weighted by atomic mass is 10.2. The van der Waals surface area contributed by atoms with Crippen LogP contribution >= 0.6 is 15.9 Å². The van der Waals surface area contributed by atoms with Crippen LogP contribution in [-0.2, 0) is 11.3 Å². The molecule has 1 amide bonds. The number of carbonyl (C=O) groups excluding carboxylic acids is 1. The van der Waals surface area contributed by atoms with Crippen LogP contribution in [0.15, 0.2) is 21.6 Å². The van der Waals surface area contributed by atoms with Gasteiger partial charge < -0.3 is 24.6 Å². The van der Waals surface area contributed by atoms with E-state index in [9.17, 15) is 4.79 Å². The highest BCUT2D eigenvalue weighted by atomic mass is 79.9. The Morgan fingerprint density at radius 1 is 1.25 bits per heavy atom. The maximum atomic E-state index is 11.4. The monoisotopic (exact) mass is 396 g/mol. The summed E-state index contributed by atoms with van der Waals surface area (Å²) >= 11 is 3.51. The lowest BCUT2D eigenvalue weighted by Crippen LogP contribution is -2.53. The fourth-order valence-electron chi connectivity index (χ4n) is 2.87. The van der Waals surface area contributed by atoms with Gasteiger partial charge in [0.25, 0.3) is 0 Å². The van der Waals surface area contributed by atoms with Crippen LogP contribution in [0.1, 0.15) is 12.5 Å². The topological polar surface area (TPSA) is 66.4 Å². The van der Waals surface area contributed by atoms with Crippen LogP contribution < -0.4 is 14.8 Å². The average molecular weight is 397 g/mol. The standard InChI is InChI=1S/C16H21BrN4O3/c1-11(22)20-3-5-21(6-4-20)16(18-2)19-9-12-7-13(17)15-14(8-12)23-10-24-15/h7-8H,3-6,9-10H2,1-2H3,(H,18,19). The van der Waals surface area contributed by atoms with E-state index < -0.39 is 0 Å². The summed E-state index contributed by atoms with van der Waals surface area (Å²) in [5.74, 6) is 2.48. The largest absolute Gasteiger partial charge is 0.454 e. The first kappa shape index (κ1) is 16.9. The number of piperazine rings is 1. The molecular formula is C16H21BrN4O3. The van der Waals surface area contributed by atoms with Gasteiger partial charge in [-0.3, -0.25) is 9.79 Å². The molecule has 0 spiro atoms. The molecule has 0 bridgehead atoms. The number of fused-ring (bicyclic) bond motifs is 1. The van der Waals surface area contributed by atoms with Gasteiger partial charge in [0, 0.05) is 46.7 Å². The Morgan fingerprint density at radius 2 is 1.96 bits per heavy atom. The minimum atomic E-state index is 0.128. The van der Waals surface area contributed by atoms with Crippen molar-refractivity contribution in [3.05, 3.63) is 22.2 Å². The summed E-state index contributed by atoms with van der Waals surface area (Å²) in [7, 11) is 1.77. The van der Waals surface area contributed by atoms with Crippen LogP contribution in [0.25, 0.3) is 0 Å². The van der Waals surface area contributed by atoms with Gasteiger partial charge in [-0.2, -0.15) is 0 Å². The zero-order chi connectivity index (χ0) is 17.1. The van der Waals surface area contributed by atoms with Crippen molar-refractivity contribution in [2.45, 2.75) is 13.5 Å². The van der Waals surface area contributed by atoms with Crippen molar-refractivity contribution in [1.82, 2.24) is 15.1 Å². The normalized spacial score (nSPS) is 17.2. The number of aliphatic imine (C=N–C) groups is 1. The van der Waals surface area contributed by atoms with Crippen LogP contribution in [0.3, 0.4) is 0 Å². The molecule has 0 aromatic heterocycles. The van der Waals surface area contributed by atoms with Gasteiger partial charge in [-0.15, -0.1) is 0 Å². The minimum Gasteiger partial charge on any atom is -0.454 e. The van der Waals surface area contributed by atoms with Crippen molar-refractivity contribution in [1.29, 1.82) is 0 Å². The summed E-state index contributed by atoms with van der Waals surface area (Å²) in [5.41, 5.74) is 1.08. The zero-order valence-corrected chi connectivity index (χ0v) is 15.4. The second-order valence-electron chi connectivity index (χ2n) is 5.71. The van der Waals surface area contributed by atoms with E-state index in [0.29, 0.717) is 6.54 Å². The highest BCUT2D eigenvalue weighted by Crippen LogP contribution is 2.39. The Kier molecular flexibility index (Phi) is 5.13. The summed E-state index contributed by atoms with van der Waals surface area (Å²) in [5, 5.41) is 3.37. The third kappa shape index (κ3) is 3.58. The number of ether oxygens (including phenoxy) is 2. The molecule has 2 aliphatic rings. The molecule has 1 aromatic rings. The molecule has 24 heavy (non-hydrogen) atoms. The molecule has 2 heterocycles. The fraction of sp³-hybridized carbons (Fsp3) is 0.500. The van der Waals surface area contributed by atoms with E-state index in [1.54, 1.807) is 14.0 Å². The molecule has 7 nitrogen and oxygen atoms in total. The van der Waals surface area contributed by atoms with Crippen molar-refractivity contribution in [2.24, 2.45) is 4.99 Å². The summed E-state index contributed by atoms with van der Waals surface area (Å²) in [6, 6.07) is 3.99. The van der Waals surface area contributed by atoms with Gasteiger partial charge in [0.1, 0.15) is 0 Å². The van der Waals surface area contributed by atoms with Gasteiger partial charge in [0.2, 0.25) is 12.7 Å². The molecule has 3 rings (SSSR count). The number of nitrogens with one attached hydrogen (secondary N) is 1. The predicted molar refractivity (Wildman–Crippen MR) is 94.3 cm³/mol. The lowest BCUT2D eigenvalue weighted by Gasteiger charge is -2.36. The fourth-order valence-corrected chi connectivity index (χ4v) is 3.47. The van der Waals surface area contributed by atoms with Crippen LogP contribution in [0, 0.1) is 0 Å². The van der Waals surface area contributed by atoms with Crippen molar-refractivity contribution in [3.63, 3.8) is 0 Å². The summed E-state index contributed by atoms with van der Waals surface area (Å²) in [4.78, 5) is 19.8. The Balaban J connectivity index is 1.59. The van der Waals surface area contributed by atoms with Crippen molar-refractivity contribution < 1.29 is 14.3 Å². The molecule has 1 aromatic carbocycles. The number of halogens is 1. The van der Waals surface area contributed by atoms with E-state index in [0.717, 1.165) is 53.7 Å². The third-order valence-electron chi connectivity index (χ3n) is 4.17. The predicted octanol–water partition coefficient (Wildman–Crippen LogP) is 1.42. The highest BCUT2D eigenvalue weighted by Gasteiger charge is 2.21. The van der Waals surface area contributed by atoms with Gasteiger partial charge in [0.05, 0.1) is 4.47 Å². The number of benzene rings is 1. The summed E-state index contributed by atoms with van der Waals surface area (Å²) in [6.07, 6.45) is 0. The van der Waals surface area contributed by atoms with Gasteiger partial charge in [-0.05, 0) is 33.6 Å². The number of amides is 1. The Hall–Kier alpha value is -1.96. The van der Waals surface area contributed by atoms with Crippen molar-refractivity contribution in [3.8, 4) is 11.5 Å². The Morgan fingerprint density at radius 3 is 2.62 bits per heavy atom. The molecule has 0 radical (unpaired) electrons. The zero-order valence-electron chi connectivity index (χ0n) is 13.8. The molecular weight excluding hydrogens is 376 g/mol. The number of hydrogen-bond acceptors (Lipinski definition) is 4. The van der Waals surface area contributed by atoms with Crippen molar-refractivity contribution in [2.75, 3.05) is 40.0 Å². The first-order chi connectivity index (χ1) is 11.6. The molecule has 1 fully saturated rings. The van der Waals surface area contributed by atoms with Gasteiger partial charge >= 0.3 is 0 Å². The smallest absolute Gasteiger partial charge is 0.231 e. The van der Waals surface area contributed by atoms with Crippen LogP contribution in [-0.4, -0.2) is 61.7 Å². The highest BCUT2D eigenvalue weighted by molar-refractivity contribution is 9.10. The quantitative estimate of drug-likeness (QED) is 0.604. The second-order valence-corrected chi connectivity index (χ2v) is 6.56. The van der Waals surface area contributed by atoms with Gasteiger partial charge in [0.15, 0.2) is 17.5 Å². The molecule has 1 saturated heterocycles. The number of carbonyl (C=O) groups is 1. The van der Waals surface area contributed by atoms with E-state index in [4.69, 9.17) is 9.47 Å². The summed E-state index contributed by atoms with van der Waals surface area (Å²) < 4.78 is 11.7. The average Bonchev–Trinajstić information content (AvgIpc) is 3.05. The minimum absolute atomic E-state index is 0.128. The summed E-state index contributed by atoms with van der Waals surface area (Å²) in [6.45, 7) is 5.52. The maximum absolute atomic E-state index is 11.4. The molecule has 0 atom stereocenters.